The third kappa shape index (κ3) is 3.99. The number of halogens is 3. The number of rotatable bonds is 4. The molecule has 7 heteroatoms. The van der Waals surface area contributed by atoms with E-state index in [2.05, 4.69) is 0 Å². The van der Waals surface area contributed by atoms with Crippen molar-refractivity contribution in [3.05, 3.63) is 51.0 Å². The van der Waals surface area contributed by atoms with Crippen LogP contribution in [0.25, 0.3) is 5.76 Å². The number of carboxylic acids is 1. The molecule has 0 fully saturated rings. The van der Waals surface area contributed by atoms with Gasteiger partial charge in [-0.2, -0.15) is 0 Å². The first-order valence-electron chi connectivity index (χ1n) is 4.83. The summed E-state index contributed by atoms with van der Waals surface area (Å²) in [4.78, 5) is 21.0. The summed E-state index contributed by atoms with van der Waals surface area (Å²) in [6.07, 6.45) is 2.94. The molecule has 100 valence electrons. The van der Waals surface area contributed by atoms with Gasteiger partial charge in [0.05, 0.1) is 20.6 Å². The largest absolute Gasteiger partial charge is 0.507 e. The topological polar surface area (TPSA) is 74.6 Å². The number of aliphatic carboxylic acids is 1. The van der Waals surface area contributed by atoms with Crippen LogP contribution < -0.4 is 0 Å². The fourth-order valence-electron chi connectivity index (χ4n) is 1.14. The number of allylic oxidation sites excluding steroid dienone is 2. The molecule has 0 bridgehead atoms. The standard InChI is InChI=1S/C12H7Cl3O4/c13-6-4-5-7(14)11(15)10(6)8(16)2-1-3-9(17)12(18)19/h1-5,16H,(H,18,19)/b3-1+,8-2-. The maximum absolute atomic E-state index is 10.8. The molecule has 1 aromatic rings. The Hall–Kier alpha value is -1.49. The van der Waals surface area contributed by atoms with Crippen molar-refractivity contribution >= 4 is 52.3 Å². The number of benzene rings is 1. The molecule has 1 rings (SSSR count). The highest BCUT2D eigenvalue weighted by Gasteiger charge is 2.13. The van der Waals surface area contributed by atoms with Gasteiger partial charge in [-0.3, -0.25) is 4.79 Å². The summed E-state index contributed by atoms with van der Waals surface area (Å²) < 4.78 is 0. The predicted octanol–water partition coefficient (Wildman–Crippen LogP) is 3.76. The Bertz CT molecular complexity index is 591. The van der Waals surface area contributed by atoms with Crippen molar-refractivity contribution in [1.29, 1.82) is 0 Å². The molecule has 0 atom stereocenters. The number of aliphatic hydroxyl groups is 1. The quantitative estimate of drug-likeness (QED) is 0.291. The monoisotopic (exact) mass is 320 g/mol. The molecule has 0 saturated carbocycles. The number of hydrogen-bond donors (Lipinski definition) is 2. The second kappa shape index (κ2) is 6.61. The van der Waals surface area contributed by atoms with Gasteiger partial charge >= 0.3 is 5.97 Å². The maximum Gasteiger partial charge on any atom is 0.376 e. The smallest absolute Gasteiger partial charge is 0.376 e. The highest BCUT2D eigenvalue weighted by atomic mass is 35.5. The minimum atomic E-state index is -1.59. The minimum Gasteiger partial charge on any atom is -0.507 e. The van der Waals surface area contributed by atoms with Crippen LogP contribution in [0.15, 0.2) is 30.4 Å². The molecule has 0 heterocycles. The van der Waals surface area contributed by atoms with E-state index in [1.807, 2.05) is 0 Å². The van der Waals surface area contributed by atoms with Gasteiger partial charge in [0.1, 0.15) is 5.76 Å². The molecule has 19 heavy (non-hydrogen) atoms. The number of carboxylic acid groups (broad SMARTS) is 1. The lowest BCUT2D eigenvalue weighted by Gasteiger charge is -2.06. The van der Waals surface area contributed by atoms with Crippen LogP contribution in [0.1, 0.15) is 5.56 Å². The van der Waals surface area contributed by atoms with Crippen molar-refractivity contribution in [3.8, 4) is 0 Å². The summed E-state index contributed by atoms with van der Waals surface area (Å²) >= 11 is 17.5. The average molecular weight is 322 g/mol. The van der Waals surface area contributed by atoms with Crippen molar-refractivity contribution in [3.63, 3.8) is 0 Å². The van der Waals surface area contributed by atoms with Gasteiger partial charge < -0.3 is 10.2 Å². The molecular weight excluding hydrogens is 314 g/mol. The van der Waals surface area contributed by atoms with E-state index in [9.17, 15) is 14.7 Å². The molecule has 0 saturated heterocycles. The molecule has 0 unspecified atom stereocenters. The fraction of sp³-hybridized carbons (Fsp3) is 0. The van der Waals surface area contributed by atoms with E-state index in [-0.39, 0.29) is 26.4 Å². The molecule has 2 N–H and O–H groups in total. The molecule has 0 aliphatic heterocycles. The first kappa shape index (κ1) is 15.6. The van der Waals surface area contributed by atoms with Crippen LogP contribution in [0.3, 0.4) is 0 Å². The van der Waals surface area contributed by atoms with Gasteiger partial charge in [0.25, 0.3) is 5.78 Å². The molecule has 1 aromatic carbocycles. The van der Waals surface area contributed by atoms with E-state index in [1.165, 1.54) is 12.1 Å². The predicted molar refractivity (Wildman–Crippen MR) is 73.9 cm³/mol. The minimum absolute atomic E-state index is 0.0564. The van der Waals surface area contributed by atoms with Crippen molar-refractivity contribution in [2.45, 2.75) is 0 Å². The van der Waals surface area contributed by atoms with Gasteiger partial charge in [-0.05, 0) is 24.3 Å². The van der Waals surface area contributed by atoms with Gasteiger partial charge in [-0.15, -0.1) is 0 Å². The van der Waals surface area contributed by atoms with Gasteiger partial charge in [0.2, 0.25) is 0 Å². The highest BCUT2D eigenvalue weighted by molar-refractivity contribution is 6.44. The Kier molecular flexibility index (Phi) is 5.42. The summed E-state index contributed by atoms with van der Waals surface area (Å²) in [5.41, 5.74) is 0.100. The van der Waals surface area contributed by atoms with Crippen molar-refractivity contribution < 1.29 is 19.8 Å². The van der Waals surface area contributed by atoms with Crippen LogP contribution in [0.5, 0.6) is 0 Å². The summed E-state index contributed by atoms with van der Waals surface area (Å²) in [6.45, 7) is 0. The highest BCUT2D eigenvalue weighted by Crippen LogP contribution is 2.35. The number of ketones is 1. The van der Waals surface area contributed by atoms with Crippen LogP contribution in [-0.4, -0.2) is 22.0 Å². The lowest BCUT2D eigenvalue weighted by molar-refractivity contribution is -0.146. The Morgan fingerprint density at radius 2 is 1.63 bits per heavy atom. The van der Waals surface area contributed by atoms with E-state index in [4.69, 9.17) is 39.9 Å². The first-order chi connectivity index (χ1) is 8.84. The third-order valence-corrected chi connectivity index (χ3v) is 3.13. The summed E-state index contributed by atoms with van der Waals surface area (Å²) in [5, 5.41) is 18.6. The first-order valence-corrected chi connectivity index (χ1v) is 5.96. The van der Waals surface area contributed by atoms with E-state index >= 15 is 0 Å². The van der Waals surface area contributed by atoms with Crippen LogP contribution in [0.2, 0.25) is 15.1 Å². The number of aliphatic hydroxyl groups excluding tert-OH is 1. The Morgan fingerprint density at radius 1 is 1.05 bits per heavy atom. The maximum atomic E-state index is 10.8. The van der Waals surface area contributed by atoms with Crippen molar-refractivity contribution in [2.75, 3.05) is 0 Å². The Balaban J connectivity index is 3.08. The second-order valence-corrected chi connectivity index (χ2v) is 4.49. The lowest BCUT2D eigenvalue weighted by atomic mass is 10.1. The Labute approximate surface area is 123 Å². The molecule has 0 aliphatic carbocycles. The van der Waals surface area contributed by atoms with Crippen LogP contribution in [-0.2, 0) is 9.59 Å². The third-order valence-electron chi connectivity index (χ3n) is 2.01. The van der Waals surface area contributed by atoms with E-state index in [0.717, 1.165) is 18.2 Å². The molecule has 0 spiro atoms. The number of carbonyl (C=O) groups excluding carboxylic acids is 1. The second-order valence-electron chi connectivity index (χ2n) is 3.30. The van der Waals surface area contributed by atoms with Crippen LogP contribution >= 0.6 is 34.8 Å². The number of hydrogen-bond acceptors (Lipinski definition) is 3. The van der Waals surface area contributed by atoms with Gasteiger partial charge in [-0.1, -0.05) is 40.9 Å². The SMILES string of the molecule is O=C(O)C(=O)/C=C/C=C(\O)c1c(Cl)ccc(Cl)c1Cl. The Morgan fingerprint density at radius 3 is 2.21 bits per heavy atom. The summed E-state index contributed by atoms with van der Waals surface area (Å²) in [5.74, 6) is -3.05. The lowest BCUT2D eigenvalue weighted by Crippen LogP contribution is -2.08. The average Bonchev–Trinajstić information content (AvgIpc) is 2.34. The van der Waals surface area contributed by atoms with E-state index < -0.39 is 11.8 Å². The zero-order chi connectivity index (χ0) is 14.6. The van der Waals surface area contributed by atoms with Crippen molar-refractivity contribution in [2.24, 2.45) is 0 Å². The zero-order valence-electron chi connectivity index (χ0n) is 9.23. The zero-order valence-corrected chi connectivity index (χ0v) is 11.5. The molecule has 0 aromatic heterocycles. The molecule has 0 amide bonds. The van der Waals surface area contributed by atoms with E-state index in [0.29, 0.717) is 0 Å². The van der Waals surface area contributed by atoms with Crippen LogP contribution in [0.4, 0.5) is 0 Å². The molecule has 4 nitrogen and oxygen atoms in total. The molecular formula is C12H7Cl3O4. The van der Waals surface area contributed by atoms with Crippen LogP contribution in [0, 0.1) is 0 Å². The van der Waals surface area contributed by atoms with E-state index in [1.54, 1.807) is 0 Å². The van der Waals surface area contributed by atoms with Gasteiger partial charge in [-0.25, -0.2) is 4.79 Å². The fourth-order valence-corrected chi connectivity index (χ4v) is 1.86. The van der Waals surface area contributed by atoms with Gasteiger partial charge in [0, 0.05) is 0 Å². The summed E-state index contributed by atoms with van der Waals surface area (Å²) in [6, 6.07) is 2.91. The summed E-state index contributed by atoms with van der Waals surface area (Å²) in [7, 11) is 0. The van der Waals surface area contributed by atoms with Crippen molar-refractivity contribution in [1.82, 2.24) is 0 Å². The molecule has 0 aliphatic rings. The number of carbonyl (C=O) groups is 2. The molecule has 0 radical (unpaired) electrons. The normalized spacial score (nSPS) is 11.8. The van der Waals surface area contributed by atoms with Gasteiger partial charge in [0.15, 0.2) is 0 Å².